The van der Waals surface area contributed by atoms with Gasteiger partial charge in [-0.2, -0.15) is 5.26 Å². The molecule has 0 aliphatic heterocycles. The lowest BCUT2D eigenvalue weighted by atomic mass is 9.87. The topological polar surface area (TPSA) is 94.8 Å². The number of fused-ring (bicyclic) bond motifs is 1. The van der Waals surface area contributed by atoms with Gasteiger partial charge in [-0.15, -0.1) is 0 Å². The molecule has 0 amide bonds. The molecule has 0 spiro atoms. The molecule has 7 nitrogen and oxygen atoms in total. The van der Waals surface area contributed by atoms with Crippen LogP contribution in [0.3, 0.4) is 0 Å². The zero-order chi connectivity index (χ0) is 22.0. The van der Waals surface area contributed by atoms with E-state index in [1.165, 1.54) is 0 Å². The molecule has 1 aliphatic rings. The van der Waals surface area contributed by atoms with Gasteiger partial charge in [0.25, 0.3) is 0 Å². The van der Waals surface area contributed by atoms with Crippen LogP contribution in [-0.4, -0.2) is 35.8 Å². The van der Waals surface area contributed by atoms with Crippen LogP contribution < -0.4 is 19.9 Å². The van der Waals surface area contributed by atoms with Gasteiger partial charge in [-0.25, -0.2) is 4.98 Å². The molecule has 162 valence electrons. The number of aromatic nitrogens is 2. The largest absolute Gasteiger partial charge is 0.495 e. The Hall–Kier alpha value is -3.24. The maximum absolute atomic E-state index is 9.78. The lowest BCUT2D eigenvalue weighted by molar-refractivity contribution is 0.175. The summed E-state index contributed by atoms with van der Waals surface area (Å²) in [5.74, 6) is 2.00. The van der Waals surface area contributed by atoms with Crippen LogP contribution in [0.25, 0.3) is 16.9 Å². The van der Waals surface area contributed by atoms with Crippen molar-refractivity contribution in [2.24, 2.45) is 11.7 Å². The molecule has 2 heterocycles. The smallest absolute Gasteiger partial charge is 0.199 e. The third kappa shape index (κ3) is 3.68. The molecule has 4 rings (SSSR count). The van der Waals surface area contributed by atoms with Crippen molar-refractivity contribution in [3.8, 4) is 34.7 Å². The molecule has 2 N–H and O–H groups in total. The molecule has 0 saturated heterocycles. The van der Waals surface area contributed by atoms with Crippen LogP contribution in [0.15, 0.2) is 36.5 Å². The van der Waals surface area contributed by atoms with Crippen molar-refractivity contribution in [2.45, 2.75) is 38.1 Å². The van der Waals surface area contributed by atoms with E-state index in [-0.39, 0.29) is 5.54 Å². The first-order chi connectivity index (χ1) is 15.0. The Bertz CT molecular complexity index is 1130. The predicted octanol–water partition coefficient (Wildman–Crippen LogP) is 4.18. The number of hydrogen-bond acceptors (Lipinski definition) is 6. The minimum absolute atomic E-state index is 0.363. The summed E-state index contributed by atoms with van der Waals surface area (Å²) in [7, 11) is 3.17. The van der Waals surface area contributed by atoms with Crippen LogP contribution in [0.4, 0.5) is 0 Å². The first-order valence-corrected chi connectivity index (χ1v) is 10.6. The van der Waals surface area contributed by atoms with E-state index >= 15 is 0 Å². The Kier molecular flexibility index (Phi) is 5.75. The lowest BCUT2D eigenvalue weighted by Gasteiger charge is -2.31. The van der Waals surface area contributed by atoms with E-state index in [2.05, 4.69) is 18.0 Å². The minimum Gasteiger partial charge on any atom is -0.495 e. The Morgan fingerprint density at radius 1 is 1.26 bits per heavy atom. The first kappa shape index (κ1) is 21.0. The molecule has 31 heavy (non-hydrogen) atoms. The second-order valence-electron chi connectivity index (χ2n) is 8.09. The van der Waals surface area contributed by atoms with Gasteiger partial charge in [-0.1, -0.05) is 25.8 Å². The molecule has 2 atom stereocenters. The van der Waals surface area contributed by atoms with Crippen molar-refractivity contribution >= 4 is 5.65 Å². The van der Waals surface area contributed by atoms with Gasteiger partial charge in [0.15, 0.2) is 5.88 Å². The fourth-order valence-corrected chi connectivity index (χ4v) is 4.67. The average Bonchev–Trinajstić information content (AvgIpc) is 3.40. The number of nitrogens with two attached hydrogens (primary N) is 1. The van der Waals surface area contributed by atoms with Gasteiger partial charge in [0.1, 0.15) is 35.4 Å². The van der Waals surface area contributed by atoms with Gasteiger partial charge in [-0.3, -0.25) is 4.40 Å². The van der Waals surface area contributed by atoms with E-state index in [1.807, 2.05) is 34.7 Å². The highest BCUT2D eigenvalue weighted by Gasteiger charge is 2.39. The number of hydrogen-bond donors (Lipinski definition) is 1. The highest BCUT2D eigenvalue weighted by Crippen LogP contribution is 2.39. The number of pyridine rings is 1. The van der Waals surface area contributed by atoms with Gasteiger partial charge < -0.3 is 19.9 Å². The number of rotatable bonds is 7. The minimum atomic E-state index is -0.378. The number of nitriles is 1. The van der Waals surface area contributed by atoms with Crippen LogP contribution in [0.5, 0.6) is 17.4 Å². The summed E-state index contributed by atoms with van der Waals surface area (Å²) in [6.45, 7) is 2.53. The van der Waals surface area contributed by atoms with E-state index < -0.39 is 0 Å². The van der Waals surface area contributed by atoms with E-state index in [0.717, 1.165) is 42.6 Å². The van der Waals surface area contributed by atoms with Crippen LogP contribution >= 0.6 is 0 Å². The summed E-state index contributed by atoms with van der Waals surface area (Å²) >= 11 is 0. The van der Waals surface area contributed by atoms with E-state index in [4.69, 9.17) is 19.9 Å². The standard InChI is InChI=1S/C24H28N4O3/c1-4-17-7-6-10-24(17,26)15-31-21-12-16(11-20(29-2)18(21)13-25)19-14-27-22-8-5-9-23(30-3)28(19)22/h5,8-9,11-12,14,17H,4,6-7,10,15,26H2,1-3H3/t17-,24-/m0/s1. The third-order valence-electron chi connectivity index (χ3n) is 6.39. The Balaban J connectivity index is 1.77. The zero-order valence-electron chi connectivity index (χ0n) is 18.2. The van der Waals surface area contributed by atoms with Crippen LogP contribution in [0, 0.1) is 17.2 Å². The molecular weight excluding hydrogens is 392 g/mol. The van der Waals surface area contributed by atoms with Crippen molar-refractivity contribution in [1.29, 1.82) is 5.26 Å². The van der Waals surface area contributed by atoms with Gasteiger partial charge in [0.05, 0.1) is 31.6 Å². The normalized spacial score (nSPS) is 20.5. The third-order valence-corrected chi connectivity index (χ3v) is 6.39. The van der Waals surface area contributed by atoms with Crippen molar-refractivity contribution in [3.05, 3.63) is 42.1 Å². The molecule has 0 bridgehead atoms. The van der Waals surface area contributed by atoms with E-state index in [9.17, 15) is 5.26 Å². The summed E-state index contributed by atoms with van der Waals surface area (Å²) in [5, 5.41) is 9.78. The summed E-state index contributed by atoms with van der Waals surface area (Å²) < 4.78 is 19.2. The average molecular weight is 421 g/mol. The van der Waals surface area contributed by atoms with Crippen LogP contribution in [-0.2, 0) is 0 Å². The maximum Gasteiger partial charge on any atom is 0.199 e. The van der Waals surface area contributed by atoms with Crippen LogP contribution in [0.1, 0.15) is 38.2 Å². The molecule has 1 aliphatic carbocycles. The maximum atomic E-state index is 9.78. The lowest BCUT2D eigenvalue weighted by Crippen LogP contribution is -2.48. The molecule has 0 unspecified atom stereocenters. The Morgan fingerprint density at radius 2 is 2.06 bits per heavy atom. The highest BCUT2D eigenvalue weighted by molar-refractivity contribution is 5.71. The number of benzene rings is 1. The van der Waals surface area contributed by atoms with Crippen molar-refractivity contribution in [3.63, 3.8) is 0 Å². The summed E-state index contributed by atoms with van der Waals surface area (Å²) in [6, 6.07) is 11.6. The van der Waals surface area contributed by atoms with Crippen LogP contribution in [0.2, 0.25) is 0 Å². The number of methoxy groups -OCH3 is 2. The van der Waals surface area contributed by atoms with E-state index in [0.29, 0.717) is 35.5 Å². The molecule has 1 saturated carbocycles. The highest BCUT2D eigenvalue weighted by atomic mass is 16.5. The zero-order valence-corrected chi connectivity index (χ0v) is 18.2. The second-order valence-corrected chi connectivity index (χ2v) is 8.09. The molecule has 1 fully saturated rings. The molecule has 1 aromatic carbocycles. The molecule has 0 radical (unpaired) electrons. The first-order valence-electron chi connectivity index (χ1n) is 10.6. The SMILES string of the molecule is CC[C@H]1CCC[C@]1(N)COc1cc(-c2cnc3cccc(OC)n23)cc(OC)c1C#N. The van der Waals surface area contributed by atoms with Gasteiger partial charge >= 0.3 is 0 Å². The van der Waals surface area contributed by atoms with Crippen molar-refractivity contribution < 1.29 is 14.2 Å². The Morgan fingerprint density at radius 3 is 2.77 bits per heavy atom. The molecule has 3 aromatic rings. The summed E-state index contributed by atoms with van der Waals surface area (Å²) in [5.41, 5.74) is 9.07. The Labute approximate surface area is 182 Å². The molecular formula is C24H28N4O3. The quantitative estimate of drug-likeness (QED) is 0.616. The molecule has 2 aromatic heterocycles. The summed E-state index contributed by atoms with van der Waals surface area (Å²) in [4.78, 5) is 4.49. The van der Waals surface area contributed by atoms with Crippen molar-refractivity contribution in [1.82, 2.24) is 9.38 Å². The predicted molar refractivity (Wildman–Crippen MR) is 118 cm³/mol. The fraction of sp³-hybridized carbons (Fsp3) is 0.417. The fourth-order valence-electron chi connectivity index (χ4n) is 4.67. The monoisotopic (exact) mass is 420 g/mol. The molecule has 7 heteroatoms. The van der Waals surface area contributed by atoms with Crippen molar-refractivity contribution in [2.75, 3.05) is 20.8 Å². The second kappa shape index (κ2) is 8.48. The van der Waals surface area contributed by atoms with Gasteiger partial charge in [-0.05, 0) is 43.0 Å². The number of nitrogens with zero attached hydrogens (tertiary/aromatic N) is 3. The number of ether oxygens (including phenoxy) is 3. The van der Waals surface area contributed by atoms with E-state index in [1.54, 1.807) is 20.4 Å². The number of imidazole rings is 1. The summed E-state index contributed by atoms with van der Waals surface area (Å²) in [6.07, 6.45) is 5.95. The van der Waals surface area contributed by atoms with Gasteiger partial charge in [0, 0.05) is 5.56 Å². The van der Waals surface area contributed by atoms with Gasteiger partial charge in [0.2, 0.25) is 0 Å².